The summed E-state index contributed by atoms with van der Waals surface area (Å²) in [5.74, 6) is 0.608. The Hall–Kier alpha value is -1.37. The highest BCUT2D eigenvalue weighted by Crippen LogP contribution is 2.19. The smallest absolute Gasteiger partial charge is 0.243 e. The molecule has 106 valence electrons. The SMILES string of the molecule is C=CCN(CC)S(=O)(=O)c1ccc(OCCN)cc1. The molecule has 0 bridgehead atoms. The summed E-state index contributed by atoms with van der Waals surface area (Å²) >= 11 is 0. The molecule has 0 radical (unpaired) electrons. The fourth-order valence-corrected chi connectivity index (χ4v) is 2.99. The largest absolute Gasteiger partial charge is 0.492 e. The van der Waals surface area contributed by atoms with Crippen LogP contribution in [0, 0.1) is 0 Å². The van der Waals surface area contributed by atoms with Crippen LogP contribution in [0.2, 0.25) is 0 Å². The minimum absolute atomic E-state index is 0.247. The lowest BCUT2D eigenvalue weighted by molar-refractivity contribution is 0.328. The van der Waals surface area contributed by atoms with Gasteiger partial charge in [-0.1, -0.05) is 13.0 Å². The van der Waals surface area contributed by atoms with E-state index in [4.69, 9.17) is 10.5 Å². The lowest BCUT2D eigenvalue weighted by Crippen LogP contribution is -2.30. The lowest BCUT2D eigenvalue weighted by Gasteiger charge is -2.18. The second kappa shape index (κ2) is 7.28. The van der Waals surface area contributed by atoms with Crippen LogP contribution >= 0.6 is 0 Å². The highest BCUT2D eigenvalue weighted by atomic mass is 32.2. The van der Waals surface area contributed by atoms with Crippen molar-refractivity contribution in [3.8, 4) is 5.75 Å². The van der Waals surface area contributed by atoms with Gasteiger partial charge in [0.1, 0.15) is 12.4 Å². The van der Waals surface area contributed by atoms with E-state index >= 15 is 0 Å². The van der Waals surface area contributed by atoms with Gasteiger partial charge in [0.15, 0.2) is 0 Å². The first-order valence-corrected chi connectivity index (χ1v) is 7.54. The van der Waals surface area contributed by atoms with Crippen molar-refractivity contribution in [2.45, 2.75) is 11.8 Å². The van der Waals surface area contributed by atoms with E-state index in [0.717, 1.165) is 0 Å². The zero-order valence-corrected chi connectivity index (χ0v) is 11.9. The maximum absolute atomic E-state index is 12.3. The van der Waals surface area contributed by atoms with Gasteiger partial charge in [0.2, 0.25) is 10.0 Å². The molecule has 0 spiro atoms. The molecule has 19 heavy (non-hydrogen) atoms. The molecule has 0 saturated carbocycles. The third kappa shape index (κ3) is 4.05. The number of hydrogen-bond acceptors (Lipinski definition) is 4. The number of hydrogen-bond donors (Lipinski definition) is 1. The van der Waals surface area contributed by atoms with Crippen LogP contribution in [0.1, 0.15) is 6.92 Å². The van der Waals surface area contributed by atoms with Gasteiger partial charge >= 0.3 is 0 Å². The van der Waals surface area contributed by atoms with E-state index in [9.17, 15) is 8.42 Å². The molecule has 0 aliphatic carbocycles. The zero-order valence-electron chi connectivity index (χ0n) is 11.1. The lowest BCUT2D eigenvalue weighted by atomic mass is 10.3. The maximum atomic E-state index is 12.3. The van der Waals surface area contributed by atoms with Crippen molar-refractivity contribution in [1.82, 2.24) is 4.31 Å². The Morgan fingerprint density at radius 1 is 1.37 bits per heavy atom. The molecule has 1 rings (SSSR count). The average Bonchev–Trinajstić information content (AvgIpc) is 2.42. The van der Waals surface area contributed by atoms with E-state index in [0.29, 0.717) is 32.0 Å². The van der Waals surface area contributed by atoms with Crippen LogP contribution in [-0.2, 0) is 10.0 Å². The maximum Gasteiger partial charge on any atom is 0.243 e. The summed E-state index contributed by atoms with van der Waals surface area (Å²) in [5.41, 5.74) is 5.33. The van der Waals surface area contributed by atoms with Gasteiger partial charge in [-0.2, -0.15) is 4.31 Å². The van der Waals surface area contributed by atoms with Gasteiger partial charge in [-0.3, -0.25) is 0 Å². The van der Waals surface area contributed by atoms with Gasteiger partial charge in [0, 0.05) is 19.6 Å². The molecule has 0 aliphatic heterocycles. The van der Waals surface area contributed by atoms with Crippen molar-refractivity contribution in [1.29, 1.82) is 0 Å². The summed E-state index contributed by atoms with van der Waals surface area (Å²) in [5, 5.41) is 0. The Morgan fingerprint density at radius 3 is 2.47 bits per heavy atom. The first-order chi connectivity index (χ1) is 9.06. The third-order valence-electron chi connectivity index (χ3n) is 2.53. The molecule has 5 nitrogen and oxygen atoms in total. The third-order valence-corrected chi connectivity index (χ3v) is 4.49. The van der Waals surface area contributed by atoms with Crippen molar-refractivity contribution in [2.75, 3.05) is 26.2 Å². The second-order valence-electron chi connectivity index (χ2n) is 3.85. The van der Waals surface area contributed by atoms with Crippen molar-refractivity contribution in [3.63, 3.8) is 0 Å². The number of nitrogens with zero attached hydrogens (tertiary/aromatic N) is 1. The monoisotopic (exact) mass is 284 g/mol. The Labute approximate surface area is 114 Å². The van der Waals surface area contributed by atoms with Gasteiger partial charge in [0.25, 0.3) is 0 Å². The molecular formula is C13H20N2O3S. The molecule has 2 N–H and O–H groups in total. The number of nitrogens with two attached hydrogens (primary N) is 1. The number of likely N-dealkylation sites (N-methyl/N-ethyl adjacent to an activating group) is 1. The van der Waals surface area contributed by atoms with Crippen LogP contribution in [0.3, 0.4) is 0 Å². The summed E-state index contributed by atoms with van der Waals surface area (Å²) in [6, 6.07) is 6.33. The van der Waals surface area contributed by atoms with Crippen LogP contribution < -0.4 is 10.5 Å². The molecule has 0 unspecified atom stereocenters. The van der Waals surface area contributed by atoms with Crippen molar-refractivity contribution < 1.29 is 13.2 Å². The molecule has 0 aromatic heterocycles. The molecule has 0 heterocycles. The van der Waals surface area contributed by atoms with E-state index in [2.05, 4.69) is 6.58 Å². The molecule has 0 atom stereocenters. The van der Waals surface area contributed by atoms with Gasteiger partial charge in [-0.05, 0) is 24.3 Å². The van der Waals surface area contributed by atoms with Crippen LogP contribution in [0.4, 0.5) is 0 Å². The molecule has 1 aromatic carbocycles. The van der Waals surface area contributed by atoms with Gasteiger partial charge in [-0.25, -0.2) is 8.42 Å². The summed E-state index contributed by atoms with van der Waals surface area (Å²) in [6.07, 6.45) is 1.57. The summed E-state index contributed by atoms with van der Waals surface area (Å²) in [7, 11) is -3.47. The van der Waals surface area contributed by atoms with Crippen molar-refractivity contribution >= 4 is 10.0 Å². The van der Waals surface area contributed by atoms with Crippen molar-refractivity contribution in [3.05, 3.63) is 36.9 Å². The summed E-state index contributed by atoms with van der Waals surface area (Å²) in [6.45, 7) is 6.88. The van der Waals surface area contributed by atoms with Gasteiger partial charge in [-0.15, -0.1) is 6.58 Å². The highest BCUT2D eigenvalue weighted by molar-refractivity contribution is 7.89. The predicted octanol–water partition coefficient (Wildman–Crippen LogP) is 1.22. The Morgan fingerprint density at radius 2 is 2.00 bits per heavy atom. The number of sulfonamides is 1. The quantitative estimate of drug-likeness (QED) is 0.729. The average molecular weight is 284 g/mol. The second-order valence-corrected chi connectivity index (χ2v) is 5.79. The molecular weight excluding hydrogens is 264 g/mol. The topological polar surface area (TPSA) is 72.6 Å². The van der Waals surface area contributed by atoms with E-state index in [1.54, 1.807) is 25.1 Å². The van der Waals surface area contributed by atoms with Crippen LogP contribution in [-0.4, -0.2) is 39.0 Å². The van der Waals surface area contributed by atoms with Gasteiger partial charge in [0.05, 0.1) is 4.90 Å². The number of rotatable bonds is 8. The molecule has 0 amide bonds. The van der Waals surface area contributed by atoms with E-state index in [-0.39, 0.29) is 4.90 Å². The fraction of sp³-hybridized carbons (Fsp3) is 0.385. The van der Waals surface area contributed by atoms with Crippen molar-refractivity contribution in [2.24, 2.45) is 5.73 Å². The summed E-state index contributed by atoms with van der Waals surface area (Å²) in [4.78, 5) is 0.247. The minimum atomic E-state index is -3.47. The molecule has 6 heteroatoms. The van der Waals surface area contributed by atoms with E-state index in [1.807, 2.05) is 0 Å². The number of ether oxygens (including phenoxy) is 1. The minimum Gasteiger partial charge on any atom is -0.492 e. The van der Waals surface area contributed by atoms with Crippen LogP contribution in [0.5, 0.6) is 5.75 Å². The molecule has 0 saturated heterocycles. The Bertz CT molecular complexity index is 497. The summed E-state index contributed by atoms with van der Waals surface area (Å²) < 4.78 is 31.3. The Kier molecular flexibility index (Phi) is 6.01. The predicted molar refractivity (Wildman–Crippen MR) is 75.6 cm³/mol. The highest BCUT2D eigenvalue weighted by Gasteiger charge is 2.21. The standard InChI is InChI=1S/C13H20N2O3S/c1-3-10-15(4-2)19(16,17)13-7-5-12(6-8-13)18-11-9-14/h3,5-8H,1,4,9-11,14H2,2H3. The zero-order chi connectivity index (χ0) is 14.3. The molecule has 1 aromatic rings. The number of benzene rings is 1. The fourth-order valence-electron chi connectivity index (χ4n) is 1.57. The van der Waals surface area contributed by atoms with E-state index in [1.165, 1.54) is 16.4 Å². The Balaban J connectivity index is 2.92. The van der Waals surface area contributed by atoms with Gasteiger partial charge < -0.3 is 10.5 Å². The molecule has 0 fully saturated rings. The first kappa shape index (κ1) is 15.7. The normalized spacial score (nSPS) is 11.5. The molecule has 0 aliphatic rings. The van der Waals surface area contributed by atoms with Crippen LogP contribution in [0.25, 0.3) is 0 Å². The van der Waals surface area contributed by atoms with Crippen LogP contribution in [0.15, 0.2) is 41.8 Å². The van der Waals surface area contributed by atoms with E-state index < -0.39 is 10.0 Å². The first-order valence-electron chi connectivity index (χ1n) is 6.10.